The Bertz CT molecular complexity index is 1700. The molecule has 1 unspecified atom stereocenters. The molecule has 1 atom stereocenters. The van der Waals surface area contributed by atoms with Gasteiger partial charge in [-0.25, -0.2) is 9.07 Å². The van der Waals surface area contributed by atoms with Crippen LogP contribution in [0.3, 0.4) is 0 Å². The molecule has 1 fully saturated rings. The zero-order chi connectivity index (χ0) is 26.0. The SMILES string of the molecule is Cc1nnn(C)c1-c1cnc2c3cc(F)c4c(c3n(C(c3ccccc3)C3CCOCC3)c2c1)CCC4=O. The number of Topliss-reactive ketones (excluding diaryl/α,β-unsaturated/α-hetero) is 1. The summed E-state index contributed by atoms with van der Waals surface area (Å²) in [5, 5.41) is 9.19. The minimum atomic E-state index is -0.450. The minimum Gasteiger partial charge on any atom is -0.381 e. The molecule has 38 heavy (non-hydrogen) atoms. The van der Waals surface area contributed by atoms with Crippen LogP contribution in [0, 0.1) is 18.7 Å². The maximum absolute atomic E-state index is 15.4. The van der Waals surface area contributed by atoms with Gasteiger partial charge in [-0.1, -0.05) is 35.5 Å². The number of aromatic nitrogens is 5. The Morgan fingerprint density at radius 1 is 1.11 bits per heavy atom. The summed E-state index contributed by atoms with van der Waals surface area (Å²) < 4.78 is 25.3. The molecule has 7 nitrogen and oxygen atoms in total. The molecule has 192 valence electrons. The van der Waals surface area contributed by atoms with E-state index in [1.54, 1.807) is 4.68 Å². The number of halogens is 1. The fourth-order valence-corrected chi connectivity index (χ4v) is 6.61. The highest BCUT2D eigenvalue weighted by atomic mass is 19.1. The standard InChI is InChI=1S/C30H28FN5O2/c1-17-28(35(2)34-33-17)20-14-24-27(32-16-20)22-15-23(31)26-21(8-9-25(26)37)30(22)36(24)29(18-6-4-3-5-7-18)19-10-12-38-13-11-19/h3-7,14-16,19,29H,8-13H2,1-2H3. The summed E-state index contributed by atoms with van der Waals surface area (Å²) in [5.74, 6) is -0.260. The lowest BCUT2D eigenvalue weighted by atomic mass is 9.86. The van der Waals surface area contributed by atoms with E-state index < -0.39 is 5.82 Å². The Kier molecular flexibility index (Phi) is 5.40. The number of hydrogen-bond donors (Lipinski definition) is 0. The first-order valence-electron chi connectivity index (χ1n) is 13.2. The highest BCUT2D eigenvalue weighted by molar-refractivity contribution is 6.13. The molecular formula is C30H28FN5O2. The first kappa shape index (κ1) is 23.2. The van der Waals surface area contributed by atoms with Gasteiger partial charge < -0.3 is 9.30 Å². The van der Waals surface area contributed by atoms with Crippen molar-refractivity contribution in [1.82, 2.24) is 24.5 Å². The van der Waals surface area contributed by atoms with Crippen molar-refractivity contribution in [2.45, 2.75) is 38.6 Å². The average molecular weight is 510 g/mol. The Labute approximate surface area is 219 Å². The van der Waals surface area contributed by atoms with E-state index in [9.17, 15) is 4.79 Å². The first-order valence-corrected chi connectivity index (χ1v) is 13.2. The Morgan fingerprint density at radius 3 is 2.63 bits per heavy atom. The maximum Gasteiger partial charge on any atom is 0.166 e. The predicted octanol–water partition coefficient (Wildman–Crippen LogP) is 5.58. The van der Waals surface area contributed by atoms with Crippen molar-refractivity contribution in [3.63, 3.8) is 0 Å². The molecular weight excluding hydrogens is 481 g/mol. The van der Waals surface area contributed by atoms with Gasteiger partial charge in [-0.15, -0.1) is 5.10 Å². The van der Waals surface area contributed by atoms with Gasteiger partial charge in [-0.05, 0) is 55.4 Å². The van der Waals surface area contributed by atoms with Gasteiger partial charge in [0, 0.05) is 43.8 Å². The summed E-state index contributed by atoms with van der Waals surface area (Å²) in [6, 6.07) is 14.1. The van der Waals surface area contributed by atoms with Crippen LogP contribution in [-0.4, -0.2) is 43.5 Å². The molecule has 2 aliphatic rings. The van der Waals surface area contributed by atoms with Crippen molar-refractivity contribution < 1.29 is 13.9 Å². The second-order valence-electron chi connectivity index (χ2n) is 10.4. The van der Waals surface area contributed by atoms with Crippen LogP contribution in [0.5, 0.6) is 0 Å². The smallest absolute Gasteiger partial charge is 0.166 e. The highest BCUT2D eigenvalue weighted by Crippen LogP contribution is 2.44. The van der Waals surface area contributed by atoms with Gasteiger partial charge in [-0.3, -0.25) is 9.78 Å². The summed E-state index contributed by atoms with van der Waals surface area (Å²) >= 11 is 0. The molecule has 0 amide bonds. The number of benzene rings is 2. The average Bonchev–Trinajstić information content (AvgIpc) is 3.59. The van der Waals surface area contributed by atoms with Gasteiger partial charge in [-0.2, -0.15) is 0 Å². The van der Waals surface area contributed by atoms with E-state index in [-0.39, 0.29) is 17.4 Å². The van der Waals surface area contributed by atoms with Crippen LogP contribution in [0.25, 0.3) is 33.2 Å². The number of rotatable bonds is 4. The summed E-state index contributed by atoms with van der Waals surface area (Å²) in [6.07, 6.45) is 4.52. The Morgan fingerprint density at radius 2 is 1.89 bits per heavy atom. The number of carbonyl (C=O) groups is 1. The lowest BCUT2D eigenvalue weighted by molar-refractivity contribution is 0.0552. The topological polar surface area (TPSA) is 74.8 Å². The molecule has 4 heterocycles. The van der Waals surface area contributed by atoms with E-state index in [2.05, 4.69) is 45.2 Å². The molecule has 0 N–H and O–H groups in total. The fourth-order valence-electron chi connectivity index (χ4n) is 6.61. The minimum absolute atomic E-state index is 0.0202. The van der Waals surface area contributed by atoms with Crippen molar-refractivity contribution in [2.24, 2.45) is 13.0 Å². The van der Waals surface area contributed by atoms with Crippen molar-refractivity contribution in [3.8, 4) is 11.3 Å². The molecule has 0 bridgehead atoms. The van der Waals surface area contributed by atoms with Gasteiger partial charge in [0.05, 0.1) is 39.5 Å². The lowest BCUT2D eigenvalue weighted by Gasteiger charge is -2.33. The zero-order valence-corrected chi connectivity index (χ0v) is 21.4. The van der Waals surface area contributed by atoms with Crippen LogP contribution in [-0.2, 0) is 18.2 Å². The van der Waals surface area contributed by atoms with E-state index >= 15 is 4.39 Å². The van der Waals surface area contributed by atoms with Crippen molar-refractivity contribution in [1.29, 1.82) is 0 Å². The molecule has 8 heteroatoms. The highest BCUT2D eigenvalue weighted by Gasteiger charge is 2.34. The quantitative estimate of drug-likeness (QED) is 0.316. The molecule has 0 spiro atoms. The van der Waals surface area contributed by atoms with E-state index in [4.69, 9.17) is 9.72 Å². The van der Waals surface area contributed by atoms with E-state index in [0.717, 1.165) is 57.3 Å². The van der Waals surface area contributed by atoms with Crippen LogP contribution in [0.2, 0.25) is 0 Å². The van der Waals surface area contributed by atoms with Crippen LogP contribution < -0.4 is 0 Å². The van der Waals surface area contributed by atoms with Crippen LogP contribution in [0.4, 0.5) is 4.39 Å². The molecule has 1 saturated heterocycles. The molecule has 1 aliphatic heterocycles. The van der Waals surface area contributed by atoms with Gasteiger partial charge in [0.1, 0.15) is 5.82 Å². The molecule has 1 aliphatic carbocycles. The lowest BCUT2D eigenvalue weighted by Crippen LogP contribution is -2.27. The molecule has 0 saturated carbocycles. The van der Waals surface area contributed by atoms with Gasteiger partial charge in [0.15, 0.2) is 5.78 Å². The molecule has 7 rings (SSSR count). The van der Waals surface area contributed by atoms with Gasteiger partial charge in [0.2, 0.25) is 0 Å². The van der Waals surface area contributed by atoms with Crippen molar-refractivity contribution in [2.75, 3.05) is 13.2 Å². The van der Waals surface area contributed by atoms with Crippen LogP contribution in [0.15, 0.2) is 48.7 Å². The summed E-state index contributed by atoms with van der Waals surface area (Å²) in [7, 11) is 1.87. The third-order valence-corrected chi connectivity index (χ3v) is 8.26. The molecule has 0 radical (unpaired) electrons. The summed E-state index contributed by atoms with van der Waals surface area (Å²) in [5.41, 5.74) is 7.43. The third-order valence-electron chi connectivity index (χ3n) is 8.26. The molecule has 3 aromatic heterocycles. The largest absolute Gasteiger partial charge is 0.381 e. The number of hydrogen-bond acceptors (Lipinski definition) is 5. The number of ketones is 1. The fraction of sp³-hybridized carbons (Fsp3) is 0.333. The van der Waals surface area contributed by atoms with Crippen molar-refractivity contribution >= 4 is 27.7 Å². The third kappa shape index (κ3) is 3.43. The van der Waals surface area contributed by atoms with Crippen LogP contribution in [0.1, 0.15) is 52.5 Å². The monoisotopic (exact) mass is 509 g/mol. The number of ether oxygens (including phenoxy) is 1. The number of aryl methyl sites for hydroxylation is 3. The maximum atomic E-state index is 15.4. The van der Waals surface area contributed by atoms with Crippen molar-refractivity contribution in [3.05, 3.63) is 76.9 Å². The molecule has 2 aromatic carbocycles. The Hall–Kier alpha value is -3.91. The number of pyridine rings is 1. The zero-order valence-electron chi connectivity index (χ0n) is 21.4. The van der Waals surface area contributed by atoms with E-state index in [0.29, 0.717) is 32.0 Å². The first-order chi connectivity index (χ1) is 18.5. The number of fused-ring (bicyclic) bond motifs is 5. The summed E-state index contributed by atoms with van der Waals surface area (Å²) in [4.78, 5) is 17.7. The van der Waals surface area contributed by atoms with Gasteiger partial charge in [0.25, 0.3) is 0 Å². The number of nitrogens with zero attached hydrogens (tertiary/aromatic N) is 5. The van der Waals surface area contributed by atoms with E-state index in [1.165, 1.54) is 11.6 Å². The van der Waals surface area contributed by atoms with Gasteiger partial charge >= 0.3 is 0 Å². The number of carbonyl (C=O) groups excluding carboxylic acids is 1. The second kappa shape index (κ2) is 8.84. The second-order valence-corrected chi connectivity index (χ2v) is 10.4. The van der Waals surface area contributed by atoms with E-state index in [1.807, 2.05) is 26.2 Å². The summed E-state index contributed by atoms with van der Waals surface area (Å²) in [6.45, 7) is 3.35. The normalized spacial score (nSPS) is 17.0. The predicted molar refractivity (Wildman–Crippen MR) is 143 cm³/mol. The van der Waals surface area contributed by atoms with Crippen LogP contribution >= 0.6 is 0 Å². The molecule has 5 aromatic rings. The Balaban J connectivity index is 1.61.